The number of hydrogen-bond acceptors (Lipinski definition) is 3. The summed E-state index contributed by atoms with van der Waals surface area (Å²) in [7, 11) is 0. The van der Waals surface area contributed by atoms with E-state index in [-0.39, 0.29) is 24.3 Å². The van der Waals surface area contributed by atoms with Gasteiger partial charge in [0.2, 0.25) is 0 Å². The van der Waals surface area contributed by atoms with Crippen molar-refractivity contribution in [2.24, 2.45) is 11.8 Å². The topological polar surface area (TPSA) is 35.5 Å². The largest absolute Gasteiger partial charge is 0.460 e. The number of halogens is 1. The van der Waals surface area contributed by atoms with Crippen molar-refractivity contribution < 1.29 is 18.7 Å². The Balaban J connectivity index is 1.43. The summed E-state index contributed by atoms with van der Waals surface area (Å²) in [6.07, 6.45) is 2.39. The molecule has 3 nitrogen and oxygen atoms in total. The second-order valence-corrected chi connectivity index (χ2v) is 8.10. The van der Waals surface area contributed by atoms with E-state index in [4.69, 9.17) is 9.47 Å². The molecule has 3 aromatic carbocycles. The van der Waals surface area contributed by atoms with Crippen LogP contribution in [0.5, 0.6) is 11.5 Å². The Bertz CT molecular complexity index is 1100. The van der Waals surface area contributed by atoms with Crippen molar-refractivity contribution in [2.45, 2.75) is 26.9 Å². The van der Waals surface area contributed by atoms with Gasteiger partial charge in [0.1, 0.15) is 23.9 Å². The molecule has 0 aromatic heterocycles. The van der Waals surface area contributed by atoms with Crippen molar-refractivity contribution in [2.75, 3.05) is 0 Å². The Kier molecular flexibility index (Phi) is 6.17. The average molecular weight is 416 g/mol. The fraction of sp³-hybridized carbons (Fsp3) is 0.222. The first-order valence-corrected chi connectivity index (χ1v) is 10.5. The summed E-state index contributed by atoms with van der Waals surface area (Å²) in [5, 5.41) is 0. The van der Waals surface area contributed by atoms with Crippen LogP contribution in [0, 0.1) is 17.7 Å². The number of carbonyl (C=O) groups excluding carboxylic acids is 1. The fourth-order valence-electron chi connectivity index (χ4n) is 3.97. The fourth-order valence-corrected chi connectivity index (χ4v) is 3.97. The average Bonchev–Trinajstić information content (AvgIpc) is 3.18. The first-order valence-electron chi connectivity index (χ1n) is 10.5. The predicted octanol–water partition coefficient (Wildman–Crippen LogP) is 6.57. The number of fused-ring (bicyclic) bond motifs is 1. The van der Waals surface area contributed by atoms with Gasteiger partial charge >= 0.3 is 5.97 Å². The lowest BCUT2D eigenvalue weighted by Gasteiger charge is -2.21. The van der Waals surface area contributed by atoms with Crippen LogP contribution in [0.4, 0.5) is 4.39 Å². The quantitative estimate of drug-likeness (QED) is 0.409. The molecule has 1 aliphatic carbocycles. The van der Waals surface area contributed by atoms with E-state index in [0.29, 0.717) is 17.7 Å². The van der Waals surface area contributed by atoms with Gasteiger partial charge in [0.25, 0.3) is 0 Å². The van der Waals surface area contributed by atoms with Gasteiger partial charge in [0, 0.05) is 5.56 Å². The van der Waals surface area contributed by atoms with Crippen molar-refractivity contribution in [3.8, 4) is 11.5 Å². The molecule has 158 valence electrons. The van der Waals surface area contributed by atoms with E-state index in [1.807, 2.05) is 80.6 Å². The Morgan fingerprint density at radius 3 is 2.45 bits per heavy atom. The van der Waals surface area contributed by atoms with Crippen molar-refractivity contribution >= 4 is 12.0 Å². The number of para-hydroxylation sites is 1. The molecule has 0 saturated heterocycles. The van der Waals surface area contributed by atoms with E-state index >= 15 is 0 Å². The maximum Gasteiger partial charge on any atom is 0.313 e. The van der Waals surface area contributed by atoms with Gasteiger partial charge in [0.05, 0.1) is 5.92 Å². The van der Waals surface area contributed by atoms with Crippen molar-refractivity contribution in [3.63, 3.8) is 0 Å². The summed E-state index contributed by atoms with van der Waals surface area (Å²) in [5.41, 5.74) is 3.25. The first kappa shape index (κ1) is 20.9. The van der Waals surface area contributed by atoms with E-state index in [2.05, 4.69) is 0 Å². The molecule has 1 unspecified atom stereocenters. The highest BCUT2D eigenvalue weighted by molar-refractivity contribution is 5.80. The summed E-state index contributed by atoms with van der Waals surface area (Å²) < 4.78 is 25.6. The molecule has 1 aliphatic rings. The highest BCUT2D eigenvalue weighted by Crippen LogP contribution is 2.35. The van der Waals surface area contributed by atoms with E-state index in [9.17, 15) is 9.18 Å². The van der Waals surface area contributed by atoms with Crippen LogP contribution in [0.15, 0.2) is 78.4 Å². The summed E-state index contributed by atoms with van der Waals surface area (Å²) in [6.45, 7) is 4.13. The molecule has 0 heterocycles. The van der Waals surface area contributed by atoms with E-state index in [0.717, 1.165) is 22.4 Å². The number of esters is 1. The maximum absolute atomic E-state index is 14.1. The van der Waals surface area contributed by atoms with Crippen LogP contribution >= 0.6 is 0 Å². The number of ether oxygens (including phenoxy) is 2. The molecule has 0 N–H and O–H groups in total. The van der Waals surface area contributed by atoms with Gasteiger partial charge < -0.3 is 9.47 Å². The normalized spacial score (nSPS) is 13.5. The standard InChI is InChI=1S/C27H25FO3/c1-18(2)26(21-15-20-9-7-13-25(28)24(20)16-21)27(29)30-17-19-8-6-12-23(14-19)31-22-10-4-3-5-11-22/h3-14,16,18,26H,15,17H2,1-2H3. The summed E-state index contributed by atoms with van der Waals surface area (Å²) in [6, 6.07) is 22.1. The van der Waals surface area contributed by atoms with Gasteiger partial charge in [-0.1, -0.05) is 68.0 Å². The molecule has 0 saturated carbocycles. The Morgan fingerprint density at radius 1 is 0.968 bits per heavy atom. The predicted molar refractivity (Wildman–Crippen MR) is 119 cm³/mol. The molecular formula is C27H25FO3. The number of rotatable bonds is 7. The molecule has 4 rings (SSSR count). The first-order chi connectivity index (χ1) is 15.0. The molecule has 0 fully saturated rings. The van der Waals surface area contributed by atoms with Crippen LogP contribution in [0.2, 0.25) is 0 Å². The van der Waals surface area contributed by atoms with Crippen LogP contribution in [0.25, 0.3) is 6.08 Å². The third-order valence-electron chi connectivity index (χ3n) is 5.45. The Labute approximate surface area is 182 Å². The zero-order chi connectivity index (χ0) is 21.8. The van der Waals surface area contributed by atoms with E-state index in [1.165, 1.54) is 6.07 Å². The van der Waals surface area contributed by atoms with Gasteiger partial charge in [-0.2, -0.15) is 0 Å². The summed E-state index contributed by atoms with van der Waals surface area (Å²) in [4.78, 5) is 13.0. The molecule has 31 heavy (non-hydrogen) atoms. The second-order valence-electron chi connectivity index (χ2n) is 8.10. The monoisotopic (exact) mass is 416 g/mol. The summed E-state index contributed by atoms with van der Waals surface area (Å²) >= 11 is 0. The minimum atomic E-state index is -0.407. The minimum absolute atomic E-state index is 0.0453. The van der Waals surface area contributed by atoms with Gasteiger partial charge in [-0.15, -0.1) is 0 Å². The van der Waals surface area contributed by atoms with Crippen molar-refractivity contribution in [1.29, 1.82) is 0 Å². The van der Waals surface area contributed by atoms with Gasteiger partial charge in [-0.3, -0.25) is 4.79 Å². The number of hydrogen-bond donors (Lipinski definition) is 0. The zero-order valence-corrected chi connectivity index (χ0v) is 17.7. The van der Waals surface area contributed by atoms with Crippen LogP contribution in [-0.2, 0) is 22.6 Å². The highest BCUT2D eigenvalue weighted by Gasteiger charge is 2.31. The van der Waals surface area contributed by atoms with E-state index < -0.39 is 5.92 Å². The molecule has 0 spiro atoms. The molecule has 4 heteroatoms. The number of benzene rings is 3. The smallest absolute Gasteiger partial charge is 0.313 e. The molecule has 0 radical (unpaired) electrons. The Hall–Kier alpha value is -3.40. The minimum Gasteiger partial charge on any atom is -0.460 e. The van der Waals surface area contributed by atoms with Crippen LogP contribution < -0.4 is 4.74 Å². The molecule has 1 atom stereocenters. The lowest BCUT2D eigenvalue weighted by Crippen LogP contribution is -2.25. The van der Waals surface area contributed by atoms with Gasteiger partial charge in [0.15, 0.2) is 0 Å². The lowest BCUT2D eigenvalue weighted by atomic mass is 9.87. The number of carbonyl (C=O) groups is 1. The van der Waals surface area contributed by atoms with Crippen LogP contribution in [-0.4, -0.2) is 5.97 Å². The van der Waals surface area contributed by atoms with E-state index in [1.54, 1.807) is 6.07 Å². The highest BCUT2D eigenvalue weighted by atomic mass is 19.1. The molecule has 0 amide bonds. The molecule has 0 bridgehead atoms. The Morgan fingerprint density at radius 2 is 1.71 bits per heavy atom. The van der Waals surface area contributed by atoms with Crippen molar-refractivity contribution in [3.05, 3.63) is 101 Å². The van der Waals surface area contributed by atoms with Crippen molar-refractivity contribution in [1.82, 2.24) is 0 Å². The van der Waals surface area contributed by atoms with Crippen LogP contribution in [0.1, 0.15) is 30.5 Å². The molecule has 3 aromatic rings. The SMILES string of the molecule is CC(C)C(C(=O)OCc1cccc(Oc2ccccc2)c1)C1=Cc2c(F)cccc2C1. The second kappa shape index (κ2) is 9.17. The maximum atomic E-state index is 14.1. The van der Waals surface area contributed by atoms with Crippen LogP contribution in [0.3, 0.4) is 0 Å². The summed E-state index contributed by atoms with van der Waals surface area (Å²) in [5.74, 6) is 0.531. The third kappa shape index (κ3) is 4.85. The third-order valence-corrected chi connectivity index (χ3v) is 5.45. The molecular weight excluding hydrogens is 391 g/mol. The van der Waals surface area contributed by atoms with Gasteiger partial charge in [-0.25, -0.2) is 4.39 Å². The zero-order valence-electron chi connectivity index (χ0n) is 17.7. The lowest BCUT2D eigenvalue weighted by molar-refractivity contribution is -0.149. The van der Waals surface area contributed by atoms with Gasteiger partial charge in [-0.05, 0) is 53.8 Å². The molecule has 0 aliphatic heterocycles.